The van der Waals surface area contributed by atoms with Gasteiger partial charge in [0, 0.05) is 12.6 Å². The molecule has 0 radical (unpaired) electrons. The van der Waals surface area contributed by atoms with Crippen LogP contribution in [0, 0.1) is 17.8 Å². The molecule has 3 saturated carbocycles. The summed E-state index contributed by atoms with van der Waals surface area (Å²) in [6.07, 6.45) is 30.5. The minimum atomic E-state index is 0.659. The molecule has 0 amide bonds. The molecule has 0 bridgehead atoms. The van der Waals surface area contributed by atoms with E-state index in [4.69, 9.17) is 5.84 Å². The average molecular weight is 391 g/mol. The van der Waals surface area contributed by atoms with Crippen molar-refractivity contribution < 1.29 is 0 Å². The summed E-state index contributed by atoms with van der Waals surface area (Å²) in [4.78, 5) is 0. The quantitative estimate of drug-likeness (QED) is 0.395. The van der Waals surface area contributed by atoms with Crippen LogP contribution >= 0.6 is 0 Å². The molecular weight excluding hydrogens is 340 g/mol. The molecule has 2 unspecified atom stereocenters. The molecule has 3 aliphatic rings. The normalized spacial score (nSPS) is 31.1. The van der Waals surface area contributed by atoms with Crippen molar-refractivity contribution in [1.29, 1.82) is 0 Å². The number of nitrogens with zero attached hydrogens (tertiary/aromatic N) is 1. The van der Waals surface area contributed by atoms with E-state index >= 15 is 0 Å². The van der Waals surface area contributed by atoms with Crippen LogP contribution in [0.3, 0.4) is 0 Å². The van der Waals surface area contributed by atoms with E-state index in [0.717, 1.165) is 17.8 Å². The number of hydrogen-bond donors (Lipinski definition) is 1. The molecule has 2 N–H and O–H groups in total. The zero-order valence-electron chi connectivity index (χ0n) is 18.9. The third-order valence-electron chi connectivity index (χ3n) is 8.22. The average Bonchev–Trinajstić information content (AvgIpc) is 3.46. The lowest BCUT2D eigenvalue weighted by Gasteiger charge is -2.28. The molecule has 0 saturated heterocycles. The lowest BCUT2D eigenvalue weighted by atomic mass is 9.90. The summed E-state index contributed by atoms with van der Waals surface area (Å²) in [6.45, 7) is 1.19. The van der Waals surface area contributed by atoms with Crippen LogP contribution in [0.5, 0.6) is 0 Å². The zero-order valence-corrected chi connectivity index (χ0v) is 18.9. The largest absolute Gasteiger partial charge is 0.269 e. The smallest absolute Gasteiger partial charge is 0.0241 e. The summed E-state index contributed by atoms with van der Waals surface area (Å²) in [5.41, 5.74) is 0. The Morgan fingerprint density at radius 3 is 1.39 bits per heavy atom. The van der Waals surface area contributed by atoms with Gasteiger partial charge in [-0.3, -0.25) is 5.84 Å². The molecule has 2 nitrogen and oxygen atoms in total. The van der Waals surface area contributed by atoms with Gasteiger partial charge in [0.25, 0.3) is 0 Å². The summed E-state index contributed by atoms with van der Waals surface area (Å²) < 4.78 is 0. The number of hydrazine groups is 1. The van der Waals surface area contributed by atoms with E-state index in [2.05, 4.69) is 5.01 Å². The van der Waals surface area contributed by atoms with Crippen molar-refractivity contribution in [2.75, 3.05) is 6.54 Å². The second kappa shape index (κ2) is 13.3. The summed E-state index contributed by atoms with van der Waals surface area (Å²) in [6, 6.07) is 0.659. The van der Waals surface area contributed by atoms with E-state index in [1.165, 1.54) is 141 Å². The van der Waals surface area contributed by atoms with Gasteiger partial charge in [-0.05, 0) is 37.0 Å². The summed E-state index contributed by atoms with van der Waals surface area (Å²) in [5.74, 6) is 9.63. The van der Waals surface area contributed by atoms with Crippen LogP contribution in [-0.2, 0) is 0 Å². The van der Waals surface area contributed by atoms with Crippen molar-refractivity contribution in [3.05, 3.63) is 0 Å². The second-order valence-corrected chi connectivity index (χ2v) is 10.6. The first-order valence-corrected chi connectivity index (χ1v) is 13.4. The standard InChI is InChI=1S/C26H50N2/c27-28(25-19-15-11-7-3-4-8-12-16-20-25)22-24-21-26(24)23-17-13-9-5-1-2-6-10-14-18-23/h23-26H,1-22,27H2. The van der Waals surface area contributed by atoms with E-state index < -0.39 is 0 Å². The van der Waals surface area contributed by atoms with Crippen molar-refractivity contribution >= 4 is 0 Å². The number of nitrogens with two attached hydrogens (primary N) is 1. The SMILES string of the molecule is NN(CC1CC1C1CCCCCCCCCC1)C1CCCCCCCCCC1. The van der Waals surface area contributed by atoms with Crippen LogP contribution in [0.1, 0.15) is 135 Å². The van der Waals surface area contributed by atoms with Gasteiger partial charge in [-0.2, -0.15) is 0 Å². The van der Waals surface area contributed by atoms with Gasteiger partial charge < -0.3 is 0 Å². The molecule has 2 atom stereocenters. The van der Waals surface area contributed by atoms with Crippen LogP contribution in [0.15, 0.2) is 0 Å². The Kier molecular flexibility index (Phi) is 10.7. The highest BCUT2D eigenvalue weighted by atomic mass is 15.4. The maximum Gasteiger partial charge on any atom is 0.0241 e. The fourth-order valence-corrected chi connectivity index (χ4v) is 6.22. The fourth-order valence-electron chi connectivity index (χ4n) is 6.22. The van der Waals surface area contributed by atoms with Crippen molar-refractivity contribution in [3.63, 3.8) is 0 Å². The van der Waals surface area contributed by atoms with Crippen LogP contribution in [0.2, 0.25) is 0 Å². The second-order valence-electron chi connectivity index (χ2n) is 10.6. The predicted molar refractivity (Wildman–Crippen MR) is 122 cm³/mol. The molecule has 0 aromatic carbocycles. The van der Waals surface area contributed by atoms with Gasteiger partial charge in [0.05, 0.1) is 0 Å². The highest BCUT2D eigenvalue weighted by Crippen LogP contribution is 2.48. The highest BCUT2D eigenvalue weighted by Gasteiger charge is 2.43. The molecule has 3 fully saturated rings. The predicted octanol–water partition coefficient (Wildman–Crippen LogP) is 7.61. The van der Waals surface area contributed by atoms with Crippen LogP contribution in [0.4, 0.5) is 0 Å². The van der Waals surface area contributed by atoms with E-state index in [0.29, 0.717) is 6.04 Å². The van der Waals surface area contributed by atoms with Gasteiger partial charge in [0.15, 0.2) is 0 Å². The molecule has 0 heterocycles. The van der Waals surface area contributed by atoms with Crippen LogP contribution in [0.25, 0.3) is 0 Å². The minimum Gasteiger partial charge on any atom is -0.269 e. The Balaban J connectivity index is 1.42. The van der Waals surface area contributed by atoms with Crippen molar-refractivity contribution in [1.82, 2.24) is 5.01 Å². The zero-order chi connectivity index (χ0) is 19.4. The molecule has 2 heteroatoms. The van der Waals surface area contributed by atoms with Crippen molar-refractivity contribution in [3.8, 4) is 0 Å². The summed E-state index contributed by atoms with van der Waals surface area (Å²) in [5, 5.41) is 2.31. The maximum atomic E-state index is 6.69. The van der Waals surface area contributed by atoms with Gasteiger partial charge in [0.1, 0.15) is 0 Å². The van der Waals surface area contributed by atoms with E-state index in [9.17, 15) is 0 Å². The molecule has 3 rings (SSSR count). The van der Waals surface area contributed by atoms with Gasteiger partial charge in [-0.15, -0.1) is 0 Å². The molecule has 28 heavy (non-hydrogen) atoms. The van der Waals surface area contributed by atoms with Crippen LogP contribution in [-0.4, -0.2) is 17.6 Å². The monoisotopic (exact) mass is 390 g/mol. The summed E-state index contributed by atoms with van der Waals surface area (Å²) >= 11 is 0. The van der Waals surface area contributed by atoms with Crippen molar-refractivity contribution in [2.45, 2.75) is 141 Å². The van der Waals surface area contributed by atoms with Gasteiger partial charge in [-0.25, -0.2) is 5.01 Å². The Bertz CT molecular complexity index is 372. The lowest BCUT2D eigenvalue weighted by molar-refractivity contribution is 0.160. The third kappa shape index (κ3) is 8.34. The maximum absolute atomic E-state index is 6.69. The third-order valence-corrected chi connectivity index (χ3v) is 8.22. The molecule has 0 aliphatic heterocycles. The Hall–Kier alpha value is -0.0800. The molecule has 164 valence electrons. The lowest BCUT2D eigenvalue weighted by Crippen LogP contribution is -2.42. The Morgan fingerprint density at radius 2 is 0.929 bits per heavy atom. The van der Waals surface area contributed by atoms with Crippen molar-refractivity contribution in [2.24, 2.45) is 23.6 Å². The van der Waals surface area contributed by atoms with E-state index in [1.54, 1.807) is 0 Å². The van der Waals surface area contributed by atoms with Crippen LogP contribution < -0.4 is 5.84 Å². The summed E-state index contributed by atoms with van der Waals surface area (Å²) in [7, 11) is 0. The fraction of sp³-hybridized carbons (Fsp3) is 1.00. The Morgan fingerprint density at radius 1 is 0.536 bits per heavy atom. The van der Waals surface area contributed by atoms with E-state index in [1.807, 2.05) is 0 Å². The van der Waals surface area contributed by atoms with E-state index in [-0.39, 0.29) is 0 Å². The Labute approximate surface area is 176 Å². The minimum absolute atomic E-state index is 0.659. The number of rotatable bonds is 4. The molecule has 0 aromatic rings. The first-order valence-electron chi connectivity index (χ1n) is 13.4. The topological polar surface area (TPSA) is 29.3 Å². The molecule has 3 aliphatic carbocycles. The molecular formula is C26H50N2. The molecule has 0 spiro atoms. The first-order chi connectivity index (χ1) is 13.8. The highest BCUT2D eigenvalue weighted by molar-refractivity contribution is 4.93. The van der Waals surface area contributed by atoms with Gasteiger partial charge >= 0.3 is 0 Å². The van der Waals surface area contributed by atoms with Gasteiger partial charge in [0.2, 0.25) is 0 Å². The molecule has 0 aromatic heterocycles. The number of hydrogen-bond acceptors (Lipinski definition) is 2. The first kappa shape index (κ1) is 22.6. The van der Waals surface area contributed by atoms with Gasteiger partial charge in [-0.1, -0.05) is 116 Å².